The molecule has 0 unspecified atom stereocenters. The summed E-state index contributed by atoms with van der Waals surface area (Å²) < 4.78 is 36.2. The van der Waals surface area contributed by atoms with E-state index < -0.39 is 10.1 Å². The predicted molar refractivity (Wildman–Crippen MR) is 91.7 cm³/mol. The molecule has 0 amide bonds. The second kappa shape index (κ2) is 12.3. The van der Waals surface area contributed by atoms with E-state index in [1.165, 1.54) is 6.42 Å². The van der Waals surface area contributed by atoms with Crippen molar-refractivity contribution in [3.05, 3.63) is 0 Å². The van der Waals surface area contributed by atoms with Crippen molar-refractivity contribution in [3.63, 3.8) is 0 Å². The third kappa shape index (κ3) is 12.4. The fraction of sp³-hybridized carbons (Fsp3) is 1.00. The quantitative estimate of drug-likeness (QED) is 0.435. The van der Waals surface area contributed by atoms with Gasteiger partial charge in [-0.1, -0.05) is 43.4 Å². The molecule has 0 saturated carbocycles. The van der Waals surface area contributed by atoms with Gasteiger partial charge in [-0.05, 0) is 38.6 Å². The van der Waals surface area contributed by atoms with Gasteiger partial charge >= 0.3 is 0 Å². The Labute approximate surface area is 137 Å². The Morgan fingerprint density at radius 2 is 1.32 bits per heavy atom. The van der Waals surface area contributed by atoms with Crippen LogP contribution < -0.4 is 0 Å². The first kappa shape index (κ1) is 24.1. The van der Waals surface area contributed by atoms with E-state index >= 15 is 0 Å². The van der Waals surface area contributed by atoms with Crippen LogP contribution in [0.25, 0.3) is 0 Å². The van der Waals surface area contributed by atoms with Crippen molar-refractivity contribution in [1.82, 2.24) is 0 Å². The fourth-order valence-electron chi connectivity index (χ4n) is 1.69. The second-order valence-corrected chi connectivity index (χ2v) is 8.56. The van der Waals surface area contributed by atoms with Crippen molar-refractivity contribution in [2.75, 3.05) is 19.8 Å². The maximum atomic E-state index is 11.3. The van der Waals surface area contributed by atoms with Crippen molar-refractivity contribution < 1.29 is 21.8 Å². The normalized spacial score (nSPS) is 12.5. The summed E-state index contributed by atoms with van der Waals surface area (Å²) in [6, 6.07) is 1.45. The summed E-state index contributed by atoms with van der Waals surface area (Å²) in [4.78, 5) is 0. The molecule has 0 spiro atoms. The first-order valence-corrected chi connectivity index (χ1v) is 9.95. The molecule has 0 heterocycles. The average Bonchev–Trinajstić information content (AvgIpc) is 2.43. The molecule has 0 aromatic carbocycles. The molecule has 0 aromatic heterocycles. The van der Waals surface area contributed by atoms with Gasteiger partial charge in [-0.2, -0.15) is 8.42 Å². The SMILES string of the molecule is CC(C)[N+](C)(C)C(C)C.CCCCCCCCS(=O)(=O)OF. The Balaban J connectivity index is 0. The molecule has 0 bridgehead atoms. The molecule has 0 radical (unpaired) electrons. The molecule has 0 atom stereocenters. The van der Waals surface area contributed by atoms with Crippen molar-refractivity contribution in [1.29, 1.82) is 0 Å². The highest BCUT2D eigenvalue weighted by molar-refractivity contribution is 7.86. The molecule has 4 nitrogen and oxygen atoms in total. The highest BCUT2D eigenvalue weighted by atomic mass is 32.2. The number of hydrogen-bond acceptors (Lipinski definition) is 3. The van der Waals surface area contributed by atoms with Gasteiger partial charge in [-0.15, -0.1) is 0 Å². The van der Waals surface area contributed by atoms with Gasteiger partial charge in [0.15, 0.2) is 0 Å². The molecule has 136 valence electrons. The van der Waals surface area contributed by atoms with E-state index in [4.69, 9.17) is 0 Å². The Morgan fingerprint density at radius 3 is 1.64 bits per heavy atom. The molecule has 22 heavy (non-hydrogen) atoms. The van der Waals surface area contributed by atoms with Crippen LogP contribution in [-0.4, -0.2) is 44.8 Å². The lowest BCUT2D eigenvalue weighted by molar-refractivity contribution is -0.931. The van der Waals surface area contributed by atoms with E-state index in [9.17, 15) is 12.9 Å². The summed E-state index contributed by atoms with van der Waals surface area (Å²) in [5, 5.41) is 0. The van der Waals surface area contributed by atoms with E-state index in [2.05, 4.69) is 53.1 Å². The van der Waals surface area contributed by atoms with Gasteiger partial charge in [0, 0.05) is 0 Å². The molecule has 0 aliphatic rings. The standard InChI is InChI=1S/C8H17FO3S.C8H20N/c1-2-3-4-5-6-7-8-13(10,11)12-9;1-7(2)9(5,6)8(3)4/h2-8H2,1H3;7-8H,1-6H3/q;+1. The fourth-order valence-corrected chi connectivity index (χ4v) is 2.31. The van der Waals surface area contributed by atoms with Crippen LogP contribution in [0.4, 0.5) is 4.53 Å². The predicted octanol–water partition coefficient (Wildman–Crippen LogP) is 4.46. The van der Waals surface area contributed by atoms with Crippen LogP contribution in [0.5, 0.6) is 0 Å². The van der Waals surface area contributed by atoms with E-state index in [1.807, 2.05) is 0 Å². The summed E-state index contributed by atoms with van der Waals surface area (Å²) in [5.74, 6) is -0.213. The summed E-state index contributed by atoms with van der Waals surface area (Å²) >= 11 is 0. The number of halogens is 1. The van der Waals surface area contributed by atoms with Gasteiger partial charge in [0.05, 0.1) is 31.9 Å². The molecular formula is C16H37FNO3S+. The van der Waals surface area contributed by atoms with Crippen LogP contribution in [0.15, 0.2) is 0 Å². The highest BCUT2D eigenvalue weighted by Gasteiger charge is 2.22. The van der Waals surface area contributed by atoms with Crippen LogP contribution in [0.1, 0.15) is 73.1 Å². The first-order valence-electron chi connectivity index (χ1n) is 8.37. The molecule has 6 heteroatoms. The number of nitrogens with zero attached hydrogens (tertiary/aromatic N) is 1. The Kier molecular flexibility index (Phi) is 13.4. The highest BCUT2D eigenvalue weighted by Crippen LogP contribution is 2.10. The zero-order valence-corrected chi connectivity index (χ0v) is 16.4. The number of unbranched alkanes of at least 4 members (excludes halogenated alkanes) is 5. The third-order valence-corrected chi connectivity index (χ3v) is 5.49. The van der Waals surface area contributed by atoms with Gasteiger partial charge in [-0.25, -0.2) is 0 Å². The maximum absolute atomic E-state index is 11.3. The Hall–Kier alpha value is -0.200. The van der Waals surface area contributed by atoms with E-state index in [0.717, 1.165) is 42.2 Å². The lowest BCUT2D eigenvalue weighted by Gasteiger charge is -2.38. The van der Waals surface area contributed by atoms with Crippen LogP contribution in [0.3, 0.4) is 0 Å². The van der Waals surface area contributed by atoms with Crippen LogP contribution >= 0.6 is 0 Å². The monoisotopic (exact) mass is 342 g/mol. The smallest absolute Gasteiger partial charge is 0.297 e. The van der Waals surface area contributed by atoms with Crippen molar-refractivity contribution in [3.8, 4) is 0 Å². The molecule has 0 fully saturated rings. The van der Waals surface area contributed by atoms with E-state index in [0.29, 0.717) is 6.42 Å². The van der Waals surface area contributed by atoms with Gasteiger partial charge in [0.1, 0.15) is 0 Å². The van der Waals surface area contributed by atoms with Crippen molar-refractivity contribution in [2.45, 2.75) is 85.2 Å². The topological polar surface area (TPSA) is 43.4 Å². The summed E-state index contributed by atoms with van der Waals surface area (Å²) in [5.41, 5.74) is 0. The lowest BCUT2D eigenvalue weighted by atomic mass is 10.1. The number of quaternary nitrogens is 1. The van der Waals surface area contributed by atoms with E-state index in [-0.39, 0.29) is 5.75 Å². The van der Waals surface area contributed by atoms with Crippen LogP contribution in [0, 0.1) is 0 Å². The maximum Gasteiger partial charge on any atom is 0.297 e. The minimum atomic E-state index is -3.88. The third-order valence-electron chi connectivity index (χ3n) is 4.51. The number of hydrogen-bond donors (Lipinski definition) is 0. The minimum Gasteiger partial charge on any atom is -0.325 e. The summed E-state index contributed by atoms with van der Waals surface area (Å²) in [6.07, 6.45) is 5.76. The van der Waals surface area contributed by atoms with Gasteiger partial charge in [0.25, 0.3) is 10.1 Å². The van der Waals surface area contributed by atoms with Gasteiger partial charge in [-0.3, -0.25) is 0 Å². The first-order chi connectivity index (χ1) is 10.0. The molecule has 0 aromatic rings. The Morgan fingerprint density at radius 1 is 0.909 bits per heavy atom. The largest absolute Gasteiger partial charge is 0.325 e. The van der Waals surface area contributed by atoms with Gasteiger partial charge in [0.2, 0.25) is 0 Å². The van der Waals surface area contributed by atoms with Crippen molar-refractivity contribution >= 4 is 10.1 Å². The number of rotatable bonds is 10. The second-order valence-electron chi connectivity index (χ2n) is 6.91. The zero-order chi connectivity index (χ0) is 17.8. The molecule has 0 N–H and O–H groups in total. The van der Waals surface area contributed by atoms with Crippen LogP contribution in [-0.2, 0) is 14.5 Å². The average molecular weight is 343 g/mol. The van der Waals surface area contributed by atoms with Crippen LogP contribution in [0.2, 0.25) is 0 Å². The molecule has 0 saturated heterocycles. The van der Waals surface area contributed by atoms with E-state index in [1.54, 1.807) is 0 Å². The molecule has 0 aliphatic carbocycles. The molecule has 0 rings (SSSR count). The molecule has 0 aliphatic heterocycles. The zero-order valence-electron chi connectivity index (χ0n) is 15.6. The van der Waals surface area contributed by atoms with Gasteiger partial charge < -0.3 is 4.48 Å². The Bertz CT molecular complexity index is 344. The lowest BCUT2D eigenvalue weighted by Crippen LogP contribution is -2.50. The molecular weight excluding hydrogens is 305 g/mol. The van der Waals surface area contributed by atoms with Crippen molar-refractivity contribution in [2.24, 2.45) is 0 Å². The summed E-state index contributed by atoms with van der Waals surface area (Å²) in [6.45, 7) is 11.2. The summed E-state index contributed by atoms with van der Waals surface area (Å²) in [7, 11) is 0.667. The minimum absolute atomic E-state index is 0.213.